The lowest BCUT2D eigenvalue weighted by Crippen LogP contribution is -2.43. The number of carboxylic acids is 1. The number of thioether (sulfide) groups is 1. The smallest absolute Gasteiger partial charge is 0.327 e. The van der Waals surface area contributed by atoms with Gasteiger partial charge in [-0.15, -0.1) is 0 Å². The summed E-state index contributed by atoms with van der Waals surface area (Å²) in [6.45, 7) is 3.64. The Morgan fingerprint density at radius 1 is 1.75 bits per heavy atom. The molecular weight excluding hydrogens is 178 g/mol. The first kappa shape index (κ1) is 9.38. The van der Waals surface area contributed by atoms with Crippen LogP contribution in [0.1, 0.15) is 13.8 Å². The van der Waals surface area contributed by atoms with E-state index < -0.39 is 12.0 Å². The van der Waals surface area contributed by atoms with Crippen molar-refractivity contribution in [3.8, 4) is 0 Å². The average Bonchev–Trinajstić information content (AvgIpc) is 2.30. The van der Waals surface area contributed by atoms with Gasteiger partial charge in [0.15, 0.2) is 0 Å². The van der Waals surface area contributed by atoms with Crippen molar-refractivity contribution >= 4 is 23.0 Å². The maximum Gasteiger partial charge on any atom is 0.327 e. The van der Waals surface area contributed by atoms with Crippen molar-refractivity contribution < 1.29 is 14.7 Å². The third-order valence-electron chi connectivity index (χ3n) is 1.75. The fraction of sp³-hybridized carbons (Fsp3) is 0.714. The van der Waals surface area contributed by atoms with Gasteiger partial charge in [0.25, 0.3) is 5.24 Å². The molecule has 0 aliphatic carbocycles. The van der Waals surface area contributed by atoms with Crippen LogP contribution in [0.15, 0.2) is 0 Å². The normalized spacial score (nSPS) is 23.8. The zero-order chi connectivity index (χ0) is 9.30. The zero-order valence-electron chi connectivity index (χ0n) is 6.98. The number of rotatable bonds is 2. The summed E-state index contributed by atoms with van der Waals surface area (Å²) in [5, 5.41) is 8.62. The minimum atomic E-state index is -0.915. The molecule has 1 N–H and O–H groups in total. The van der Waals surface area contributed by atoms with Crippen molar-refractivity contribution in [1.82, 2.24) is 4.90 Å². The number of carbonyl (C=O) groups is 2. The van der Waals surface area contributed by atoms with Gasteiger partial charge in [-0.05, 0) is 13.8 Å². The van der Waals surface area contributed by atoms with Crippen molar-refractivity contribution in [2.24, 2.45) is 0 Å². The highest BCUT2D eigenvalue weighted by Gasteiger charge is 2.38. The van der Waals surface area contributed by atoms with Crippen LogP contribution in [0.4, 0.5) is 4.79 Å². The summed E-state index contributed by atoms with van der Waals surface area (Å²) in [6.07, 6.45) is 0. The van der Waals surface area contributed by atoms with Crippen LogP contribution in [0.3, 0.4) is 0 Å². The van der Waals surface area contributed by atoms with Gasteiger partial charge in [-0.3, -0.25) is 4.79 Å². The van der Waals surface area contributed by atoms with Crippen LogP contribution in [0, 0.1) is 0 Å². The predicted octanol–water partition coefficient (Wildman–Crippen LogP) is 1.02. The lowest BCUT2D eigenvalue weighted by atomic mass is 10.2. The van der Waals surface area contributed by atoms with Gasteiger partial charge >= 0.3 is 5.97 Å². The van der Waals surface area contributed by atoms with Gasteiger partial charge in [-0.2, -0.15) is 0 Å². The Morgan fingerprint density at radius 2 is 2.33 bits per heavy atom. The Labute approximate surface area is 74.9 Å². The number of amides is 1. The molecule has 1 rings (SSSR count). The minimum Gasteiger partial charge on any atom is -0.480 e. The number of nitrogens with zero attached hydrogens (tertiary/aromatic N) is 1. The molecule has 0 bridgehead atoms. The molecule has 0 aromatic heterocycles. The van der Waals surface area contributed by atoms with E-state index in [1.807, 2.05) is 13.8 Å². The molecule has 0 spiro atoms. The molecule has 1 saturated heterocycles. The molecule has 12 heavy (non-hydrogen) atoms. The van der Waals surface area contributed by atoms with Crippen molar-refractivity contribution in [2.45, 2.75) is 25.9 Å². The van der Waals surface area contributed by atoms with E-state index >= 15 is 0 Å². The van der Waals surface area contributed by atoms with Crippen LogP contribution in [0.25, 0.3) is 0 Å². The van der Waals surface area contributed by atoms with Crippen LogP contribution in [-0.4, -0.2) is 39.1 Å². The van der Waals surface area contributed by atoms with E-state index in [2.05, 4.69) is 0 Å². The highest BCUT2D eigenvalue weighted by molar-refractivity contribution is 8.13. The fourth-order valence-corrected chi connectivity index (χ4v) is 2.28. The molecule has 5 heteroatoms. The molecule has 0 radical (unpaired) electrons. The van der Waals surface area contributed by atoms with Gasteiger partial charge < -0.3 is 10.0 Å². The topological polar surface area (TPSA) is 57.6 Å². The summed E-state index contributed by atoms with van der Waals surface area (Å²) in [4.78, 5) is 23.2. The molecule has 1 atom stereocenters. The fourth-order valence-electron chi connectivity index (χ4n) is 1.19. The molecule has 0 saturated carbocycles. The summed E-state index contributed by atoms with van der Waals surface area (Å²) in [5.41, 5.74) is 0. The van der Waals surface area contributed by atoms with Crippen LogP contribution >= 0.6 is 11.8 Å². The van der Waals surface area contributed by atoms with Crippen LogP contribution < -0.4 is 0 Å². The standard InChI is InChI=1S/C7H11NO3S/c1-4(2)8-5(6(9)10)3-12-7(8)11/h4-5H,3H2,1-2H3,(H,9,10). The largest absolute Gasteiger partial charge is 0.480 e. The molecule has 0 aromatic carbocycles. The molecular formula is C7H11NO3S. The minimum absolute atomic E-state index is 0.0337. The van der Waals surface area contributed by atoms with Gasteiger partial charge in [-0.1, -0.05) is 11.8 Å². The highest BCUT2D eigenvalue weighted by atomic mass is 32.2. The molecule has 1 aliphatic rings. The van der Waals surface area contributed by atoms with Crippen LogP contribution in [0.2, 0.25) is 0 Å². The zero-order valence-corrected chi connectivity index (χ0v) is 7.80. The summed E-state index contributed by atoms with van der Waals surface area (Å²) in [7, 11) is 0. The molecule has 4 nitrogen and oxygen atoms in total. The second kappa shape index (κ2) is 3.35. The van der Waals surface area contributed by atoms with E-state index in [9.17, 15) is 9.59 Å². The molecule has 1 amide bonds. The van der Waals surface area contributed by atoms with Gasteiger partial charge in [-0.25, -0.2) is 4.79 Å². The first-order chi connectivity index (χ1) is 5.54. The third-order valence-corrected chi connectivity index (χ3v) is 2.69. The maximum absolute atomic E-state index is 11.2. The predicted molar refractivity (Wildman–Crippen MR) is 46.3 cm³/mol. The molecule has 1 heterocycles. The first-order valence-corrected chi connectivity index (χ1v) is 4.70. The summed E-state index contributed by atoms with van der Waals surface area (Å²) in [5.74, 6) is -0.547. The Morgan fingerprint density at radius 3 is 2.67 bits per heavy atom. The van der Waals surface area contributed by atoms with Crippen molar-refractivity contribution in [2.75, 3.05) is 5.75 Å². The second-order valence-corrected chi connectivity index (χ2v) is 3.90. The number of carboxylic acid groups (broad SMARTS) is 1. The third kappa shape index (κ3) is 1.55. The lowest BCUT2D eigenvalue weighted by molar-refractivity contribution is -0.141. The van der Waals surface area contributed by atoms with Crippen molar-refractivity contribution in [3.05, 3.63) is 0 Å². The number of hydrogen-bond donors (Lipinski definition) is 1. The SMILES string of the molecule is CC(C)N1C(=O)SCC1C(=O)O. The summed E-state index contributed by atoms with van der Waals surface area (Å²) < 4.78 is 0. The molecule has 0 aromatic rings. The van der Waals surface area contributed by atoms with Gasteiger partial charge in [0.2, 0.25) is 0 Å². The maximum atomic E-state index is 11.2. The van der Waals surface area contributed by atoms with Crippen LogP contribution in [-0.2, 0) is 4.79 Å². The van der Waals surface area contributed by atoms with E-state index in [0.29, 0.717) is 5.75 Å². The van der Waals surface area contributed by atoms with E-state index in [4.69, 9.17) is 5.11 Å². The number of aliphatic carboxylic acids is 1. The van der Waals surface area contributed by atoms with Gasteiger partial charge in [0, 0.05) is 11.8 Å². The first-order valence-electron chi connectivity index (χ1n) is 3.72. The van der Waals surface area contributed by atoms with E-state index in [-0.39, 0.29) is 11.3 Å². The Kier molecular flexibility index (Phi) is 2.62. The molecule has 1 aliphatic heterocycles. The van der Waals surface area contributed by atoms with E-state index in [1.165, 1.54) is 4.90 Å². The number of hydrogen-bond acceptors (Lipinski definition) is 3. The summed E-state index contributed by atoms with van der Waals surface area (Å²) in [6, 6.07) is -0.670. The van der Waals surface area contributed by atoms with E-state index in [1.54, 1.807) is 0 Å². The number of carbonyl (C=O) groups excluding carboxylic acids is 1. The Bertz CT molecular complexity index is 217. The highest BCUT2D eigenvalue weighted by Crippen LogP contribution is 2.25. The monoisotopic (exact) mass is 189 g/mol. The van der Waals surface area contributed by atoms with E-state index in [0.717, 1.165) is 11.8 Å². The lowest BCUT2D eigenvalue weighted by Gasteiger charge is -2.24. The van der Waals surface area contributed by atoms with Gasteiger partial charge in [0.05, 0.1) is 0 Å². The van der Waals surface area contributed by atoms with Crippen LogP contribution in [0.5, 0.6) is 0 Å². The molecule has 68 valence electrons. The molecule has 1 fully saturated rings. The Balaban J connectivity index is 2.77. The second-order valence-electron chi connectivity index (χ2n) is 2.93. The molecule has 1 unspecified atom stereocenters. The van der Waals surface area contributed by atoms with Crippen molar-refractivity contribution in [3.63, 3.8) is 0 Å². The van der Waals surface area contributed by atoms with Crippen molar-refractivity contribution in [1.29, 1.82) is 0 Å². The quantitative estimate of drug-likeness (QED) is 0.704. The average molecular weight is 189 g/mol. The Hall–Kier alpha value is -0.710. The van der Waals surface area contributed by atoms with Gasteiger partial charge in [0.1, 0.15) is 6.04 Å². The summed E-state index contributed by atoms with van der Waals surface area (Å²) >= 11 is 1.08.